The number of halogens is 1. The fourth-order valence-electron chi connectivity index (χ4n) is 1.92. The predicted octanol–water partition coefficient (Wildman–Crippen LogP) is 3.12. The summed E-state index contributed by atoms with van der Waals surface area (Å²) >= 11 is 3.29. The van der Waals surface area contributed by atoms with Gasteiger partial charge in [-0.2, -0.15) is 0 Å². The van der Waals surface area contributed by atoms with Crippen LogP contribution in [-0.2, 0) is 6.54 Å². The van der Waals surface area contributed by atoms with Crippen molar-refractivity contribution in [1.29, 1.82) is 0 Å². The van der Waals surface area contributed by atoms with E-state index in [4.69, 9.17) is 4.74 Å². The monoisotopic (exact) mass is 338 g/mol. The van der Waals surface area contributed by atoms with Gasteiger partial charge in [0.25, 0.3) is 0 Å². The summed E-state index contributed by atoms with van der Waals surface area (Å²) in [5, 5.41) is 9.21. The highest BCUT2D eigenvalue weighted by molar-refractivity contribution is 9.10. The maximum Gasteiger partial charge on any atom is 0.339 e. The highest BCUT2D eigenvalue weighted by Gasteiger charge is 2.15. The Morgan fingerprint density at radius 1 is 1.50 bits per heavy atom. The molecule has 6 heteroatoms. The number of aryl methyl sites for hydroxylation is 2. The van der Waals surface area contributed by atoms with Gasteiger partial charge < -0.3 is 14.4 Å². The molecule has 0 radical (unpaired) electrons. The number of aromatic nitrogens is 2. The maximum absolute atomic E-state index is 11.2. The Bertz CT molecular complexity index is 597. The van der Waals surface area contributed by atoms with Crippen molar-refractivity contribution < 1.29 is 14.6 Å². The van der Waals surface area contributed by atoms with E-state index < -0.39 is 5.97 Å². The van der Waals surface area contributed by atoms with E-state index in [1.165, 1.54) is 0 Å². The molecule has 0 unspecified atom stereocenters. The lowest BCUT2D eigenvalue weighted by molar-refractivity contribution is 0.0692. The number of carbonyl (C=O) groups is 1. The van der Waals surface area contributed by atoms with E-state index in [2.05, 4.69) is 20.9 Å². The first-order valence-electron chi connectivity index (χ1n) is 6.20. The fraction of sp³-hybridized carbons (Fsp3) is 0.286. The Labute approximate surface area is 125 Å². The number of carboxylic acid groups (broad SMARTS) is 1. The largest absolute Gasteiger partial charge is 0.492 e. The topological polar surface area (TPSA) is 64.3 Å². The van der Waals surface area contributed by atoms with Crippen molar-refractivity contribution in [3.63, 3.8) is 0 Å². The molecule has 0 aliphatic heterocycles. The number of nitrogens with zero attached hydrogens (tertiary/aromatic N) is 2. The first kappa shape index (κ1) is 14.6. The molecule has 0 aliphatic carbocycles. The molecular weight excluding hydrogens is 324 g/mol. The number of rotatable bonds is 6. The normalized spacial score (nSPS) is 10.5. The lowest BCUT2D eigenvalue weighted by Crippen LogP contribution is -2.08. The van der Waals surface area contributed by atoms with Crippen LogP contribution in [0.4, 0.5) is 0 Å². The van der Waals surface area contributed by atoms with Crippen molar-refractivity contribution in [3.05, 3.63) is 46.5 Å². The lowest BCUT2D eigenvalue weighted by Gasteiger charge is -2.12. The Balaban J connectivity index is 2.00. The summed E-state index contributed by atoms with van der Waals surface area (Å²) in [7, 11) is 0. The zero-order chi connectivity index (χ0) is 14.5. The number of aromatic carboxylic acids is 1. The van der Waals surface area contributed by atoms with Gasteiger partial charge in [0.05, 0.1) is 12.9 Å². The van der Waals surface area contributed by atoms with Gasteiger partial charge in [-0.25, -0.2) is 9.78 Å². The van der Waals surface area contributed by atoms with Crippen LogP contribution in [0.5, 0.6) is 5.75 Å². The first-order chi connectivity index (χ1) is 9.58. The van der Waals surface area contributed by atoms with Crippen LogP contribution in [0.3, 0.4) is 0 Å². The van der Waals surface area contributed by atoms with Crippen LogP contribution >= 0.6 is 15.9 Å². The number of carboxylic acids is 1. The number of imidazole rings is 1. The predicted molar refractivity (Wildman–Crippen MR) is 78.2 cm³/mol. The van der Waals surface area contributed by atoms with Crippen LogP contribution in [0.1, 0.15) is 22.3 Å². The molecule has 0 atom stereocenters. The third-order valence-corrected chi connectivity index (χ3v) is 3.29. The Kier molecular flexibility index (Phi) is 4.79. The van der Waals surface area contributed by atoms with Crippen molar-refractivity contribution in [2.24, 2.45) is 0 Å². The van der Waals surface area contributed by atoms with Gasteiger partial charge in [-0.3, -0.25) is 0 Å². The number of benzene rings is 1. The van der Waals surface area contributed by atoms with Crippen molar-refractivity contribution in [1.82, 2.24) is 9.55 Å². The highest BCUT2D eigenvalue weighted by atomic mass is 79.9. The van der Waals surface area contributed by atoms with E-state index >= 15 is 0 Å². The van der Waals surface area contributed by atoms with Gasteiger partial charge >= 0.3 is 5.97 Å². The van der Waals surface area contributed by atoms with Crippen LogP contribution in [-0.4, -0.2) is 27.2 Å². The molecule has 1 heterocycles. The lowest BCUT2D eigenvalue weighted by atomic mass is 10.1. The zero-order valence-electron chi connectivity index (χ0n) is 11.0. The molecule has 20 heavy (non-hydrogen) atoms. The first-order valence-corrected chi connectivity index (χ1v) is 6.99. The van der Waals surface area contributed by atoms with E-state index in [1.54, 1.807) is 18.6 Å². The molecule has 2 aromatic rings. The average Bonchev–Trinajstić information content (AvgIpc) is 2.88. The second-order valence-corrected chi connectivity index (χ2v) is 5.32. The van der Waals surface area contributed by atoms with Gasteiger partial charge in [0.15, 0.2) is 0 Å². The Hall–Kier alpha value is -1.82. The van der Waals surface area contributed by atoms with E-state index in [-0.39, 0.29) is 5.56 Å². The molecule has 5 nitrogen and oxygen atoms in total. The minimum absolute atomic E-state index is 0.180. The summed E-state index contributed by atoms with van der Waals surface area (Å²) in [6.07, 6.45) is 6.13. The summed E-state index contributed by atoms with van der Waals surface area (Å²) in [6, 6.07) is 3.40. The minimum atomic E-state index is -0.987. The van der Waals surface area contributed by atoms with Crippen LogP contribution in [0.15, 0.2) is 35.3 Å². The quantitative estimate of drug-likeness (QED) is 0.822. The standard InChI is InChI=1S/C14H15BrN2O3/c1-10-7-11(15)8-12(14(18)19)13(10)20-6-2-4-17-5-3-16-9-17/h3,5,7-9H,2,4,6H2,1H3,(H,18,19). The molecule has 0 bridgehead atoms. The van der Waals surface area contributed by atoms with Crippen LogP contribution < -0.4 is 4.74 Å². The Morgan fingerprint density at radius 3 is 2.95 bits per heavy atom. The molecule has 1 aromatic heterocycles. The molecule has 106 valence electrons. The molecule has 0 fully saturated rings. The van der Waals surface area contributed by atoms with Gasteiger partial charge in [0.2, 0.25) is 0 Å². The molecule has 0 amide bonds. The zero-order valence-corrected chi connectivity index (χ0v) is 12.6. The molecule has 0 spiro atoms. The van der Waals surface area contributed by atoms with Crippen molar-refractivity contribution >= 4 is 21.9 Å². The second kappa shape index (κ2) is 6.56. The fourth-order valence-corrected chi connectivity index (χ4v) is 2.49. The Morgan fingerprint density at radius 2 is 2.30 bits per heavy atom. The molecular formula is C14H15BrN2O3. The van der Waals surface area contributed by atoms with Crippen LogP contribution in [0, 0.1) is 6.92 Å². The number of hydrogen-bond donors (Lipinski definition) is 1. The summed E-state index contributed by atoms with van der Waals surface area (Å²) in [5.74, 6) is -0.551. The van der Waals surface area contributed by atoms with Gasteiger partial charge in [-0.05, 0) is 31.0 Å². The summed E-state index contributed by atoms with van der Waals surface area (Å²) in [4.78, 5) is 15.2. The van der Waals surface area contributed by atoms with Gasteiger partial charge in [0.1, 0.15) is 11.3 Å². The maximum atomic E-state index is 11.2. The molecule has 1 N–H and O–H groups in total. The summed E-state index contributed by atoms with van der Waals surface area (Å²) in [6.45, 7) is 3.08. The molecule has 0 saturated heterocycles. The summed E-state index contributed by atoms with van der Waals surface area (Å²) < 4.78 is 8.34. The van der Waals surface area contributed by atoms with Gasteiger partial charge in [-0.1, -0.05) is 15.9 Å². The molecule has 0 aliphatic rings. The molecule has 0 saturated carbocycles. The smallest absolute Gasteiger partial charge is 0.339 e. The molecule has 1 aromatic carbocycles. The molecule has 2 rings (SSSR count). The van der Waals surface area contributed by atoms with Crippen LogP contribution in [0.25, 0.3) is 0 Å². The van der Waals surface area contributed by atoms with Crippen molar-refractivity contribution in [3.8, 4) is 5.75 Å². The highest BCUT2D eigenvalue weighted by Crippen LogP contribution is 2.28. The average molecular weight is 339 g/mol. The van der Waals surface area contributed by atoms with Gasteiger partial charge in [-0.15, -0.1) is 0 Å². The van der Waals surface area contributed by atoms with Gasteiger partial charge in [0, 0.05) is 23.4 Å². The van der Waals surface area contributed by atoms with E-state index in [0.29, 0.717) is 12.4 Å². The SMILES string of the molecule is Cc1cc(Br)cc(C(=O)O)c1OCCCn1ccnc1. The third-order valence-electron chi connectivity index (χ3n) is 2.84. The minimum Gasteiger partial charge on any atom is -0.492 e. The number of ether oxygens (including phenoxy) is 1. The van der Waals surface area contributed by atoms with Crippen molar-refractivity contribution in [2.45, 2.75) is 19.9 Å². The second-order valence-electron chi connectivity index (χ2n) is 4.41. The van der Waals surface area contributed by atoms with Crippen LogP contribution in [0.2, 0.25) is 0 Å². The van der Waals surface area contributed by atoms with E-state index in [9.17, 15) is 9.90 Å². The number of hydrogen-bond acceptors (Lipinski definition) is 3. The van der Waals surface area contributed by atoms with E-state index in [1.807, 2.05) is 23.8 Å². The van der Waals surface area contributed by atoms with Crippen molar-refractivity contribution in [2.75, 3.05) is 6.61 Å². The van der Waals surface area contributed by atoms with E-state index in [0.717, 1.165) is 23.0 Å². The third kappa shape index (κ3) is 3.60. The summed E-state index contributed by atoms with van der Waals surface area (Å²) in [5.41, 5.74) is 0.985.